The number of hydrogen-bond acceptors (Lipinski definition) is 5. The molecule has 0 amide bonds. The lowest BCUT2D eigenvalue weighted by Gasteiger charge is -2.27. The van der Waals surface area contributed by atoms with Crippen LogP contribution in [-0.4, -0.2) is 48.3 Å². The number of nitrogens with zero attached hydrogens (tertiary/aromatic N) is 4. The highest BCUT2D eigenvalue weighted by molar-refractivity contribution is 5.32. The molecule has 1 fully saturated rings. The van der Waals surface area contributed by atoms with Crippen LogP contribution in [0.15, 0.2) is 4.52 Å². The van der Waals surface area contributed by atoms with Crippen molar-refractivity contribution in [3.05, 3.63) is 5.89 Å². The van der Waals surface area contributed by atoms with Crippen LogP contribution in [0, 0.1) is 11.8 Å². The monoisotopic (exact) mass is 266 g/mol. The third-order valence-corrected chi connectivity index (χ3v) is 4.06. The van der Waals surface area contributed by atoms with E-state index in [1.54, 1.807) is 0 Å². The Morgan fingerprint density at radius 3 is 2.32 bits per heavy atom. The second kappa shape index (κ2) is 5.49. The van der Waals surface area contributed by atoms with Crippen LogP contribution < -0.4 is 4.90 Å². The minimum absolute atomic E-state index is 0.286. The molecule has 5 nitrogen and oxygen atoms in total. The first kappa shape index (κ1) is 14.3. The van der Waals surface area contributed by atoms with Gasteiger partial charge in [0.1, 0.15) is 0 Å². The fourth-order valence-electron chi connectivity index (χ4n) is 2.77. The van der Waals surface area contributed by atoms with E-state index in [1.807, 2.05) is 0 Å². The van der Waals surface area contributed by atoms with E-state index in [0.29, 0.717) is 17.9 Å². The van der Waals surface area contributed by atoms with Crippen LogP contribution in [0.1, 0.15) is 39.5 Å². The summed E-state index contributed by atoms with van der Waals surface area (Å²) < 4.78 is 5.31. The minimum atomic E-state index is 0.286. The van der Waals surface area contributed by atoms with Gasteiger partial charge in [-0.05, 0) is 31.1 Å². The number of anilines is 1. The van der Waals surface area contributed by atoms with Gasteiger partial charge in [0.25, 0.3) is 5.95 Å². The van der Waals surface area contributed by atoms with Crippen LogP contribution in [0.25, 0.3) is 0 Å². The van der Waals surface area contributed by atoms with Gasteiger partial charge < -0.3 is 14.3 Å². The number of rotatable bonds is 4. The lowest BCUT2D eigenvalue weighted by atomic mass is 9.91. The normalized spacial score (nSPS) is 24.2. The van der Waals surface area contributed by atoms with E-state index in [4.69, 9.17) is 4.52 Å². The quantitative estimate of drug-likeness (QED) is 0.836. The zero-order chi connectivity index (χ0) is 14.2. The van der Waals surface area contributed by atoms with Crippen molar-refractivity contribution < 1.29 is 4.52 Å². The summed E-state index contributed by atoms with van der Waals surface area (Å²) in [5.41, 5.74) is 0. The van der Waals surface area contributed by atoms with Gasteiger partial charge in [-0.3, -0.25) is 0 Å². The highest BCUT2D eigenvalue weighted by Crippen LogP contribution is 2.30. The van der Waals surface area contributed by atoms with Crippen molar-refractivity contribution in [1.29, 1.82) is 0 Å². The molecule has 1 saturated heterocycles. The zero-order valence-corrected chi connectivity index (χ0v) is 12.9. The van der Waals surface area contributed by atoms with Gasteiger partial charge in [-0.15, -0.1) is 0 Å². The molecule has 0 saturated carbocycles. The Labute approximate surface area is 116 Å². The van der Waals surface area contributed by atoms with Crippen molar-refractivity contribution in [2.75, 3.05) is 32.1 Å². The highest BCUT2D eigenvalue weighted by Gasteiger charge is 2.37. The predicted molar refractivity (Wildman–Crippen MR) is 76.4 cm³/mol. The average Bonchev–Trinajstić information content (AvgIpc) is 2.95. The standard InChI is InChI=1S/C14H26N4O/c1-9(2)11-7-18(8-12(11)17(5)6)14-15-13(10(3)4)19-16-14/h9-12H,7-8H2,1-6H3/t11-,12+/m1/s1. The van der Waals surface area contributed by atoms with Gasteiger partial charge in [0.15, 0.2) is 0 Å². The van der Waals surface area contributed by atoms with E-state index in [9.17, 15) is 0 Å². The molecular weight excluding hydrogens is 240 g/mol. The second-order valence-corrected chi connectivity index (χ2v) is 6.43. The summed E-state index contributed by atoms with van der Waals surface area (Å²) >= 11 is 0. The Morgan fingerprint density at radius 2 is 1.89 bits per heavy atom. The molecule has 0 aromatic carbocycles. The van der Waals surface area contributed by atoms with Crippen LogP contribution in [0.5, 0.6) is 0 Å². The molecular formula is C14H26N4O. The summed E-state index contributed by atoms with van der Waals surface area (Å²) in [6, 6.07) is 0.556. The van der Waals surface area contributed by atoms with Gasteiger partial charge in [-0.2, -0.15) is 4.98 Å². The third kappa shape index (κ3) is 2.91. The maximum absolute atomic E-state index is 5.31. The maximum atomic E-state index is 5.31. The molecule has 0 unspecified atom stereocenters. The van der Waals surface area contributed by atoms with Gasteiger partial charge in [0.2, 0.25) is 5.89 Å². The first-order valence-corrected chi connectivity index (χ1v) is 7.15. The fourth-order valence-corrected chi connectivity index (χ4v) is 2.77. The Bertz CT molecular complexity index is 397. The molecule has 0 bridgehead atoms. The second-order valence-electron chi connectivity index (χ2n) is 6.43. The molecule has 0 radical (unpaired) electrons. The van der Waals surface area contributed by atoms with E-state index in [1.165, 1.54) is 0 Å². The lowest BCUT2D eigenvalue weighted by Crippen LogP contribution is -2.37. The largest absolute Gasteiger partial charge is 0.337 e. The Balaban J connectivity index is 2.14. The molecule has 1 aliphatic rings. The molecule has 2 heterocycles. The Hall–Kier alpha value is -1.10. The molecule has 0 aliphatic carbocycles. The maximum Gasteiger partial charge on any atom is 0.266 e. The molecule has 2 rings (SSSR count). The summed E-state index contributed by atoms with van der Waals surface area (Å²) in [7, 11) is 4.30. The summed E-state index contributed by atoms with van der Waals surface area (Å²) in [5, 5.41) is 4.13. The van der Waals surface area contributed by atoms with Gasteiger partial charge in [-0.25, -0.2) is 0 Å². The smallest absolute Gasteiger partial charge is 0.266 e. The van der Waals surface area contributed by atoms with Crippen LogP contribution in [0.3, 0.4) is 0 Å². The van der Waals surface area contributed by atoms with Crippen molar-refractivity contribution in [3.8, 4) is 0 Å². The topological polar surface area (TPSA) is 45.4 Å². The lowest BCUT2D eigenvalue weighted by molar-refractivity contribution is 0.216. The number of hydrogen-bond donors (Lipinski definition) is 0. The van der Waals surface area contributed by atoms with Gasteiger partial charge >= 0.3 is 0 Å². The highest BCUT2D eigenvalue weighted by atomic mass is 16.5. The molecule has 1 aromatic heterocycles. The number of likely N-dealkylation sites (N-methyl/N-ethyl adjacent to an activating group) is 1. The van der Waals surface area contributed by atoms with Gasteiger partial charge in [0.05, 0.1) is 0 Å². The van der Waals surface area contributed by atoms with E-state index in [0.717, 1.165) is 24.9 Å². The first-order valence-electron chi connectivity index (χ1n) is 7.15. The molecule has 0 spiro atoms. The summed E-state index contributed by atoms with van der Waals surface area (Å²) in [6.07, 6.45) is 0. The van der Waals surface area contributed by atoms with Crippen LogP contribution in [0.2, 0.25) is 0 Å². The molecule has 5 heteroatoms. The summed E-state index contributed by atoms with van der Waals surface area (Å²) in [4.78, 5) is 9.08. The van der Waals surface area contributed by atoms with E-state index < -0.39 is 0 Å². The zero-order valence-electron chi connectivity index (χ0n) is 12.9. The Kier molecular flexibility index (Phi) is 4.13. The summed E-state index contributed by atoms with van der Waals surface area (Å²) in [6.45, 7) is 10.7. The fraction of sp³-hybridized carbons (Fsp3) is 0.857. The average molecular weight is 266 g/mol. The van der Waals surface area contributed by atoms with Crippen LogP contribution in [0.4, 0.5) is 5.95 Å². The SMILES string of the molecule is CC(C)c1nc(N2C[C@H](C(C)C)[C@@H](N(C)C)C2)no1. The van der Waals surface area contributed by atoms with Crippen LogP contribution in [-0.2, 0) is 0 Å². The van der Waals surface area contributed by atoms with Crippen molar-refractivity contribution in [1.82, 2.24) is 15.0 Å². The molecule has 0 N–H and O–H groups in total. The van der Waals surface area contributed by atoms with E-state index in [-0.39, 0.29) is 5.92 Å². The molecule has 19 heavy (non-hydrogen) atoms. The van der Waals surface area contributed by atoms with Crippen LogP contribution >= 0.6 is 0 Å². The predicted octanol–water partition coefficient (Wildman–Crippen LogP) is 2.22. The van der Waals surface area contributed by atoms with E-state index >= 15 is 0 Å². The first-order chi connectivity index (χ1) is 8.90. The van der Waals surface area contributed by atoms with Gasteiger partial charge in [-0.1, -0.05) is 27.7 Å². The molecule has 2 atom stereocenters. The Morgan fingerprint density at radius 1 is 1.21 bits per heavy atom. The molecule has 108 valence electrons. The number of aromatic nitrogens is 2. The van der Waals surface area contributed by atoms with Crippen molar-refractivity contribution >= 4 is 5.95 Å². The van der Waals surface area contributed by atoms with E-state index in [2.05, 4.69) is 61.7 Å². The van der Waals surface area contributed by atoms with Gasteiger partial charge in [0, 0.05) is 25.0 Å². The van der Waals surface area contributed by atoms with Crippen molar-refractivity contribution in [2.45, 2.75) is 39.7 Å². The molecule has 1 aromatic rings. The summed E-state index contributed by atoms with van der Waals surface area (Å²) in [5.74, 6) is 3.07. The van der Waals surface area contributed by atoms with Crippen molar-refractivity contribution in [2.24, 2.45) is 11.8 Å². The minimum Gasteiger partial charge on any atom is -0.337 e. The molecule has 1 aliphatic heterocycles. The third-order valence-electron chi connectivity index (χ3n) is 4.06. The van der Waals surface area contributed by atoms with Crippen molar-refractivity contribution in [3.63, 3.8) is 0 Å².